The number of anilines is 1. The Labute approximate surface area is 115 Å². The van der Waals surface area contributed by atoms with Crippen LogP contribution in [-0.2, 0) is 0 Å². The number of hydrogen-bond donors (Lipinski definition) is 2. The largest absolute Gasteiger partial charge is 0.379 e. The fourth-order valence-corrected chi connectivity index (χ4v) is 2.46. The number of nitrogens with zero attached hydrogens (tertiary/aromatic N) is 1. The van der Waals surface area contributed by atoms with Gasteiger partial charge in [0.15, 0.2) is 0 Å². The number of nitro benzene ring substituents is 1. The van der Waals surface area contributed by atoms with Crippen LogP contribution in [0.2, 0.25) is 0 Å². The highest BCUT2D eigenvalue weighted by atomic mass is 19.1. The molecular weight excluding hydrogens is 268 g/mol. The zero-order chi connectivity index (χ0) is 14.8. The van der Waals surface area contributed by atoms with E-state index in [2.05, 4.69) is 10.6 Å². The number of halogens is 2. The van der Waals surface area contributed by atoms with Crippen LogP contribution in [0, 0.1) is 27.2 Å². The lowest BCUT2D eigenvalue weighted by atomic mass is 9.83. The Balaban J connectivity index is 2.18. The molecule has 1 heterocycles. The standard InChI is InChI=1S/C13H17F2N3O2/c1-13(3-2-4-16-7-13)8-17-11-6-9(14)5-10(15)12(11)18(19)20/h5-6,16-17H,2-4,7-8H2,1H3. The first-order valence-electron chi connectivity index (χ1n) is 6.49. The van der Waals surface area contributed by atoms with Gasteiger partial charge in [-0.25, -0.2) is 4.39 Å². The van der Waals surface area contributed by atoms with E-state index in [0.29, 0.717) is 12.6 Å². The molecule has 1 aromatic carbocycles. The third-order valence-corrected chi connectivity index (χ3v) is 3.60. The molecule has 2 N–H and O–H groups in total. The molecule has 1 atom stereocenters. The van der Waals surface area contributed by atoms with Gasteiger partial charge >= 0.3 is 5.69 Å². The first-order chi connectivity index (χ1) is 9.41. The molecule has 1 aliphatic rings. The predicted molar refractivity (Wildman–Crippen MR) is 71.7 cm³/mol. The molecule has 7 heteroatoms. The van der Waals surface area contributed by atoms with Gasteiger partial charge in [0.25, 0.3) is 0 Å². The first kappa shape index (κ1) is 14.6. The van der Waals surface area contributed by atoms with Crippen LogP contribution in [0.1, 0.15) is 19.8 Å². The van der Waals surface area contributed by atoms with Crippen LogP contribution in [0.4, 0.5) is 20.2 Å². The molecule has 5 nitrogen and oxygen atoms in total. The fraction of sp³-hybridized carbons (Fsp3) is 0.538. The summed E-state index contributed by atoms with van der Waals surface area (Å²) in [5.41, 5.74) is -0.910. The maximum atomic E-state index is 13.5. The number of benzene rings is 1. The van der Waals surface area contributed by atoms with E-state index >= 15 is 0 Å². The molecule has 0 saturated carbocycles. The van der Waals surface area contributed by atoms with Crippen molar-refractivity contribution in [3.05, 3.63) is 33.9 Å². The number of piperidine rings is 1. The molecule has 110 valence electrons. The summed E-state index contributed by atoms with van der Waals surface area (Å²) in [4.78, 5) is 10.0. The molecule has 0 aromatic heterocycles. The van der Waals surface area contributed by atoms with E-state index in [1.807, 2.05) is 6.92 Å². The Morgan fingerprint density at radius 3 is 2.85 bits per heavy atom. The topological polar surface area (TPSA) is 67.2 Å². The summed E-state index contributed by atoms with van der Waals surface area (Å²) in [5, 5.41) is 17.0. The molecule has 0 bridgehead atoms. The lowest BCUT2D eigenvalue weighted by Crippen LogP contribution is -2.42. The molecule has 1 fully saturated rings. The van der Waals surface area contributed by atoms with Crippen molar-refractivity contribution in [2.45, 2.75) is 19.8 Å². The van der Waals surface area contributed by atoms with Crippen molar-refractivity contribution in [3.8, 4) is 0 Å². The number of nitrogens with one attached hydrogen (secondary N) is 2. The van der Waals surface area contributed by atoms with E-state index in [1.165, 1.54) is 0 Å². The second-order valence-corrected chi connectivity index (χ2v) is 5.49. The van der Waals surface area contributed by atoms with Crippen LogP contribution in [0.3, 0.4) is 0 Å². The SMILES string of the molecule is CC1(CNc2cc(F)cc(F)c2[N+](=O)[O-])CCCNC1. The second-order valence-electron chi connectivity index (χ2n) is 5.49. The first-order valence-corrected chi connectivity index (χ1v) is 6.49. The average Bonchev–Trinajstić information content (AvgIpc) is 2.36. The van der Waals surface area contributed by atoms with Gasteiger partial charge < -0.3 is 10.6 Å². The molecule has 1 saturated heterocycles. The molecule has 0 amide bonds. The zero-order valence-corrected chi connectivity index (χ0v) is 11.2. The molecule has 1 unspecified atom stereocenters. The molecule has 0 aliphatic carbocycles. The second kappa shape index (κ2) is 5.70. The van der Waals surface area contributed by atoms with Gasteiger partial charge in [0.2, 0.25) is 5.82 Å². The zero-order valence-electron chi connectivity index (χ0n) is 11.2. The maximum absolute atomic E-state index is 13.5. The van der Waals surface area contributed by atoms with Crippen LogP contribution in [0.25, 0.3) is 0 Å². The van der Waals surface area contributed by atoms with Crippen LogP contribution >= 0.6 is 0 Å². The summed E-state index contributed by atoms with van der Waals surface area (Å²) < 4.78 is 26.7. The lowest BCUT2D eigenvalue weighted by molar-refractivity contribution is -0.386. The van der Waals surface area contributed by atoms with Gasteiger partial charge in [-0.1, -0.05) is 6.92 Å². The van der Waals surface area contributed by atoms with Crippen molar-refractivity contribution in [3.63, 3.8) is 0 Å². The third kappa shape index (κ3) is 3.22. The van der Waals surface area contributed by atoms with E-state index in [1.54, 1.807) is 0 Å². The van der Waals surface area contributed by atoms with Crippen molar-refractivity contribution < 1.29 is 13.7 Å². The van der Waals surface area contributed by atoms with Gasteiger partial charge in [0, 0.05) is 25.2 Å². The number of hydrogen-bond acceptors (Lipinski definition) is 4. The monoisotopic (exact) mass is 285 g/mol. The minimum absolute atomic E-state index is 0.0884. The molecule has 2 rings (SSSR count). The smallest absolute Gasteiger partial charge is 0.327 e. The predicted octanol–water partition coefficient (Wildman–Crippen LogP) is 2.67. The van der Waals surface area contributed by atoms with Gasteiger partial charge in [-0.05, 0) is 24.8 Å². The number of nitro groups is 1. The molecule has 20 heavy (non-hydrogen) atoms. The van der Waals surface area contributed by atoms with Crippen molar-refractivity contribution in [2.24, 2.45) is 5.41 Å². The van der Waals surface area contributed by atoms with Crippen LogP contribution < -0.4 is 10.6 Å². The summed E-state index contributed by atoms with van der Waals surface area (Å²) in [5.74, 6) is -1.99. The minimum Gasteiger partial charge on any atom is -0.379 e. The van der Waals surface area contributed by atoms with Gasteiger partial charge in [0.1, 0.15) is 11.5 Å². The highest BCUT2D eigenvalue weighted by Crippen LogP contribution is 2.31. The average molecular weight is 285 g/mol. The summed E-state index contributed by atoms with van der Waals surface area (Å²) in [6.45, 7) is 4.17. The Hall–Kier alpha value is -1.76. The fourth-order valence-electron chi connectivity index (χ4n) is 2.46. The van der Waals surface area contributed by atoms with E-state index in [9.17, 15) is 18.9 Å². The Morgan fingerprint density at radius 2 is 2.25 bits per heavy atom. The summed E-state index contributed by atoms with van der Waals surface area (Å²) in [6, 6.07) is 1.48. The van der Waals surface area contributed by atoms with E-state index in [4.69, 9.17) is 0 Å². The van der Waals surface area contributed by atoms with Crippen molar-refractivity contribution in [2.75, 3.05) is 25.0 Å². The van der Waals surface area contributed by atoms with E-state index in [-0.39, 0.29) is 11.1 Å². The summed E-state index contributed by atoms with van der Waals surface area (Å²) >= 11 is 0. The Bertz CT molecular complexity index is 517. The Morgan fingerprint density at radius 1 is 1.50 bits per heavy atom. The minimum atomic E-state index is -1.16. The van der Waals surface area contributed by atoms with Crippen LogP contribution in [-0.4, -0.2) is 24.6 Å². The van der Waals surface area contributed by atoms with E-state index < -0.39 is 22.2 Å². The molecule has 1 aliphatic heterocycles. The van der Waals surface area contributed by atoms with Crippen molar-refractivity contribution in [1.29, 1.82) is 0 Å². The van der Waals surface area contributed by atoms with Gasteiger partial charge in [0.05, 0.1) is 4.92 Å². The Kier molecular flexibility index (Phi) is 4.17. The lowest BCUT2D eigenvalue weighted by Gasteiger charge is -2.34. The number of rotatable bonds is 4. The van der Waals surface area contributed by atoms with E-state index in [0.717, 1.165) is 32.0 Å². The summed E-state index contributed by atoms with van der Waals surface area (Å²) in [7, 11) is 0. The van der Waals surface area contributed by atoms with Crippen molar-refractivity contribution >= 4 is 11.4 Å². The van der Waals surface area contributed by atoms with Crippen LogP contribution in [0.15, 0.2) is 12.1 Å². The molecule has 1 aromatic rings. The third-order valence-electron chi connectivity index (χ3n) is 3.60. The normalized spacial score (nSPS) is 22.6. The highest BCUT2D eigenvalue weighted by molar-refractivity contribution is 5.62. The molecular formula is C13H17F2N3O2. The van der Waals surface area contributed by atoms with Gasteiger partial charge in [-0.15, -0.1) is 0 Å². The molecule has 0 radical (unpaired) electrons. The van der Waals surface area contributed by atoms with Gasteiger partial charge in [-0.2, -0.15) is 4.39 Å². The van der Waals surface area contributed by atoms with Crippen molar-refractivity contribution in [1.82, 2.24) is 5.32 Å². The maximum Gasteiger partial charge on any atom is 0.327 e. The highest BCUT2D eigenvalue weighted by Gasteiger charge is 2.28. The van der Waals surface area contributed by atoms with Gasteiger partial charge in [-0.3, -0.25) is 10.1 Å². The van der Waals surface area contributed by atoms with Crippen LogP contribution in [0.5, 0.6) is 0 Å². The molecule has 0 spiro atoms. The quantitative estimate of drug-likeness (QED) is 0.659. The summed E-state index contributed by atoms with van der Waals surface area (Å²) in [6.07, 6.45) is 1.97.